The van der Waals surface area contributed by atoms with Crippen molar-refractivity contribution in [3.05, 3.63) is 71.3 Å². The largest absolute Gasteiger partial charge is 0.467 e. The van der Waals surface area contributed by atoms with E-state index in [0.717, 1.165) is 12.0 Å². The Hall–Kier alpha value is -3.89. The predicted molar refractivity (Wildman–Crippen MR) is 118 cm³/mol. The number of ketones is 1. The van der Waals surface area contributed by atoms with Gasteiger partial charge in [-0.3, -0.25) is 19.3 Å². The number of nitrogens with zero attached hydrogens (tertiary/aromatic N) is 1. The number of imide groups is 1. The van der Waals surface area contributed by atoms with Crippen molar-refractivity contribution in [3.8, 4) is 0 Å². The minimum absolute atomic E-state index is 0.0206. The first kappa shape index (κ1) is 24.2. The summed E-state index contributed by atoms with van der Waals surface area (Å²) >= 11 is 0. The second-order valence-electron chi connectivity index (χ2n) is 8.22. The molecule has 3 atom stereocenters. The Bertz CT molecular complexity index is 1140. The highest BCUT2D eigenvalue weighted by Gasteiger charge is 2.54. The fourth-order valence-electron chi connectivity index (χ4n) is 4.16. The molecule has 1 saturated heterocycles. The summed E-state index contributed by atoms with van der Waals surface area (Å²) < 4.78 is 15.2. The van der Waals surface area contributed by atoms with Gasteiger partial charge < -0.3 is 19.3 Å². The summed E-state index contributed by atoms with van der Waals surface area (Å²) in [7, 11) is 1.13. The fourth-order valence-corrected chi connectivity index (χ4v) is 4.16. The molecular weight excluding hydrogens is 458 g/mol. The highest BCUT2D eigenvalue weighted by Crippen LogP contribution is 2.32. The van der Waals surface area contributed by atoms with Crippen molar-refractivity contribution in [3.63, 3.8) is 0 Å². The normalized spacial score (nSPS) is 22.2. The molecule has 2 unspecified atom stereocenters. The van der Waals surface area contributed by atoms with Crippen LogP contribution in [0.15, 0.2) is 54.6 Å². The fraction of sp³-hybridized carbons (Fsp3) is 0.320. The minimum atomic E-state index is -2.77. The van der Waals surface area contributed by atoms with Crippen LogP contribution in [0.5, 0.6) is 0 Å². The van der Waals surface area contributed by atoms with E-state index in [9.17, 15) is 29.1 Å². The van der Waals surface area contributed by atoms with Crippen LogP contribution in [0.25, 0.3) is 0 Å². The van der Waals surface area contributed by atoms with Gasteiger partial charge in [-0.2, -0.15) is 0 Å². The molecule has 2 aromatic rings. The summed E-state index contributed by atoms with van der Waals surface area (Å²) in [6.45, 7) is -0.159. The number of hydrogen-bond donors (Lipinski definition) is 1. The number of methoxy groups -OCH3 is 1. The maximum Gasteiger partial charge on any atom is 0.375 e. The van der Waals surface area contributed by atoms with Crippen LogP contribution in [-0.4, -0.2) is 64.6 Å². The standard InChI is InChI=1S/C25H23NO9/c1-33-23(30)19(26-21(28)17-9-5-6-10-18(17)22(26)29)12-11-16-13-20(27)25(32,35-16)24(31)34-14-15-7-3-2-4-8-15/h2-10,16,19,32H,11-14H2,1H3/t16?,19-,25?/m0/s1. The van der Waals surface area contributed by atoms with Gasteiger partial charge in [0.05, 0.1) is 24.3 Å². The summed E-state index contributed by atoms with van der Waals surface area (Å²) in [4.78, 5) is 63.7. The lowest BCUT2D eigenvalue weighted by Crippen LogP contribution is -2.46. The Kier molecular flexibility index (Phi) is 6.77. The zero-order valence-electron chi connectivity index (χ0n) is 18.8. The van der Waals surface area contributed by atoms with Crippen LogP contribution in [0, 0.1) is 0 Å². The molecule has 2 heterocycles. The molecule has 10 nitrogen and oxygen atoms in total. The van der Waals surface area contributed by atoms with Crippen molar-refractivity contribution in [2.75, 3.05) is 7.11 Å². The first-order chi connectivity index (χ1) is 16.8. The molecule has 0 saturated carbocycles. The van der Waals surface area contributed by atoms with Crippen LogP contribution >= 0.6 is 0 Å². The third kappa shape index (κ3) is 4.58. The van der Waals surface area contributed by atoms with E-state index in [-0.39, 0.29) is 37.0 Å². The number of rotatable bonds is 8. The number of carbonyl (C=O) groups is 5. The van der Waals surface area contributed by atoms with Gasteiger partial charge in [0.1, 0.15) is 12.6 Å². The molecule has 2 aliphatic heterocycles. The maximum atomic E-state index is 12.8. The molecule has 0 spiro atoms. The quantitative estimate of drug-likeness (QED) is 0.337. The van der Waals surface area contributed by atoms with Crippen LogP contribution in [0.1, 0.15) is 45.5 Å². The average Bonchev–Trinajstić information content (AvgIpc) is 3.31. The van der Waals surface area contributed by atoms with Crippen molar-refractivity contribution < 1.29 is 43.3 Å². The summed E-state index contributed by atoms with van der Waals surface area (Å²) in [5.74, 6) is -6.97. The molecule has 2 amide bonds. The Morgan fingerprint density at radius 2 is 1.66 bits per heavy atom. The molecule has 1 fully saturated rings. The molecule has 1 N–H and O–H groups in total. The lowest BCUT2D eigenvalue weighted by Gasteiger charge is -2.25. The van der Waals surface area contributed by atoms with Crippen LogP contribution < -0.4 is 0 Å². The smallest absolute Gasteiger partial charge is 0.375 e. The number of ether oxygens (including phenoxy) is 3. The van der Waals surface area contributed by atoms with E-state index in [4.69, 9.17) is 14.2 Å². The van der Waals surface area contributed by atoms with Crippen molar-refractivity contribution in [1.82, 2.24) is 4.90 Å². The van der Waals surface area contributed by atoms with E-state index in [0.29, 0.717) is 5.56 Å². The highest BCUT2D eigenvalue weighted by atomic mass is 16.7. The van der Waals surface area contributed by atoms with Gasteiger partial charge in [-0.25, -0.2) is 9.59 Å². The number of aliphatic hydroxyl groups is 1. The van der Waals surface area contributed by atoms with E-state index in [1.807, 2.05) is 0 Å². The third-order valence-corrected chi connectivity index (χ3v) is 5.99. The first-order valence-corrected chi connectivity index (χ1v) is 11.0. The second-order valence-corrected chi connectivity index (χ2v) is 8.22. The van der Waals surface area contributed by atoms with Gasteiger partial charge in [0, 0.05) is 6.42 Å². The van der Waals surface area contributed by atoms with Crippen molar-refractivity contribution in [2.24, 2.45) is 0 Å². The first-order valence-electron chi connectivity index (χ1n) is 11.0. The van der Waals surface area contributed by atoms with E-state index in [1.165, 1.54) is 12.1 Å². The second kappa shape index (κ2) is 9.77. The lowest BCUT2D eigenvalue weighted by molar-refractivity contribution is -0.220. The number of fused-ring (bicyclic) bond motifs is 1. The summed E-state index contributed by atoms with van der Waals surface area (Å²) in [5.41, 5.74) is 1.01. The molecule has 0 aromatic heterocycles. The molecule has 4 rings (SSSR count). The molecule has 2 aromatic carbocycles. The Morgan fingerprint density at radius 1 is 1.06 bits per heavy atom. The average molecular weight is 481 g/mol. The van der Waals surface area contributed by atoms with Gasteiger partial charge in [-0.1, -0.05) is 42.5 Å². The Balaban J connectivity index is 1.42. The van der Waals surface area contributed by atoms with Gasteiger partial charge in [0.15, 0.2) is 0 Å². The van der Waals surface area contributed by atoms with Gasteiger partial charge in [0.25, 0.3) is 11.8 Å². The van der Waals surface area contributed by atoms with E-state index < -0.39 is 47.5 Å². The molecule has 35 heavy (non-hydrogen) atoms. The van der Waals surface area contributed by atoms with Gasteiger partial charge in [0.2, 0.25) is 5.78 Å². The van der Waals surface area contributed by atoms with Gasteiger partial charge in [-0.15, -0.1) is 0 Å². The molecule has 182 valence electrons. The van der Waals surface area contributed by atoms with Crippen molar-refractivity contribution in [1.29, 1.82) is 0 Å². The summed E-state index contributed by atoms with van der Waals surface area (Å²) in [6.07, 6.45) is -1.38. The van der Waals surface area contributed by atoms with Gasteiger partial charge in [-0.05, 0) is 30.5 Å². The molecule has 10 heteroatoms. The number of amides is 2. The summed E-state index contributed by atoms with van der Waals surface area (Å²) in [5, 5.41) is 10.6. The topological polar surface area (TPSA) is 137 Å². The Morgan fingerprint density at radius 3 is 2.26 bits per heavy atom. The number of hydrogen-bond acceptors (Lipinski definition) is 9. The Labute approximate surface area is 200 Å². The maximum absolute atomic E-state index is 12.8. The van der Waals surface area contributed by atoms with Crippen LogP contribution in [0.4, 0.5) is 0 Å². The molecule has 2 aliphatic rings. The zero-order chi connectivity index (χ0) is 25.2. The van der Waals surface area contributed by atoms with Gasteiger partial charge >= 0.3 is 17.7 Å². The van der Waals surface area contributed by atoms with Crippen molar-refractivity contribution >= 4 is 29.5 Å². The van der Waals surface area contributed by atoms with E-state index in [2.05, 4.69) is 0 Å². The molecule has 0 bridgehead atoms. The molecule has 0 aliphatic carbocycles. The number of esters is 2. The van der Waals surface area contributed by atoms with E-state index >= 15 is 0 Å². The van der Waals surface area contributed by atoms with Crippen LogP contribution in [0.2, 0.25) is 0 Å². The number of Topliss-reactive ketones (excluding diaryl/α,β-unsaturated/α-hetero) is 1. The SMILES string of the molecule is COC(=O)[C@H](CCC1CC(=O)C(O)(C(=O)OCc2ccccc2)O1)N1C(=O)c2ccccc2C1=O. The predicted octanol–water partition coefficient (Wildman–Crippen LogP) is 1.39. The molecule has 0 radical (unpaired) electrons. The number of carbonyl (C=O) groups excluding carboxylic acids is 5. The summed E-state index contributed by atoms with van der Waals surface area (Å²) in [6, 6.07) is 13.6. The van der Waals surface area contributed by atoms with Crippen LogP contribution in [-0.2, 0) is 35.2 Å². The lowest BCUT2D eigenvalue weighted by atomic mass is 10.0. The third-order valence-electron chi connectivity index (χ3n) is 5.99. The van der Waals surface area contributed by atoms with Crippen molar-refractivity contribution in [2.45, 2.75) is 43.8 Å². The highest BCUT2D eigenvalue weighted by molar-refractivity contribution is 6.22. The van der Waals surface area contributed by atoms with E-state index in [1.54, 1.807) is 42.5 Å². The molecular formula is C25H23NO9. The monoisotopic (exact) mass is 481 g/mol. The number of benzene rings is 2. The van der Waals surface area contributed by atoms with Crippen LogP contribution in [0.3, 0.4) is 0 Å². The minimum Gasteiger partial charge on any atom is -0.467 e. The zero-order valence-corrected chi connectivity index (χ0v) is 18.8.